The molecule has 0 N–H and O–H groups in total. The van der Waals surface area contributed by atoms with Crippen molar-refractivity contribution in [3.63, 3.8) is 0 Å². The number of hydrogen-bond acceptors (Lipinski definition) is 2. The molecule has 0 fully saturated rings. The van der Waals surface area contributed by atoms with Crippen LogP contribution in [0.1, 0.15) is 0 Å². The van der Waals surface area contributed by atoms with Gasteiger partial charge in [0.2, 0.25) is 0 Å². The van der Waals surface area contributed by atoms with Gasteiger partial charge in [-0.3, -0.25) is 4.79 Å². The van der Waals surface area contributed by atoms with E-state index in [1.165, 1.54) is 6.26 Å². The van der Waals surface area contributed by atoms with Crippen LogP contribution in [0.2, 0.25) is 0 Å². The molecule has 48 valence electrons. The number of aldehydes is 1. The number of rotatable bonds is 1. The van der Waals surface area contributed by atoms with E-state index in [1.807, 2.05) is 0 Å². The molecule has 0 saturated carbocycles. The second kappa shape index (κ2) is 2.69. The van der Waals surface area contributed by atoms with Crippen molar-refractivity contribution < 1.29 is 9.53 Å². The molecule has 0 spiro atoms. The van der Waals surface area contributed by atoms with Crippen molar-refractivity contribution in [2.24, 2.45) is 0 Å². The van der Waals surface area contributed by atoms with Crippen LogP contribution in [0.3, 0.4) is 0 Å². The Labute approximate surface area is 57.8 Å². The molecule has 0 amide bonds. The van der Waals surface area contributed by atoms with Gasteiger partial charge in [0.25, 0.3) is 0 Å². The second-order valence-corrected chi connectivity index (χ2v) is 1.96. The van der Waals surface area contributed by atoms with Crippen LogP contribution in [0.25, 0.3) is 0 Å². The maximum absolute atomic E-state index is 10.1. The van der Waals surface area contributed by atoms with Gasteiger partial charge in [-0.15, -0.1) is 0 Å². The predicted molar refractivity (Wildman–Crippen MR) is 34.0 cm³/mol. The lowest BCUT2D eigenvalue weighted by molar-refractivity contribution is -0.105. The van der Waals surface area contributed by atoms with E-state index >= 15 is 0 Å². The monoisotopic (exact) mass is 144 g/mol. The van der Waals surface area contributed by atoms with Crippen molar-refractivity contribution in [1.29, 1.82) is 0 Å². The fourth-order valence-electron chi connectivity index (χ4n) is 0.512. The minimum absolute atomic E-state index is 0.458. The Balaban J connectivity index is 2.74. The maximum atomic E-state index is 10.1. The third-order valence-corrected chi connectivity index (χ3v) is 1.32. The van der Waals surface area contributed by atoms with E-state index in [0.717, 1.165) is 0 Å². The first-order valence-electron chi connectivity index (χ1n) is 2.46. The molecule has 9 heavy (non-hydrogen) atoms. The molecule has 1 rings (SSSR count). The lowest BCUT2D eigenvalue weighted by Gasteiger charge is -2.10. The first-order valence-corrected chi connectivity index (χ1v) is 2.89. The Morgan fingerprint density at radius 3 is 3.00 bits per heavy atom. The lowest BCUT2D eigenvalue weighted by Crippen LogP contribution is -2.08. The van der Waals surface area contributed by atoms with Gasteiger partial charge in [0.05, 0.1) is 6.26 Å². The van der Waals surface area contributed by atoms with Gasteiger partial charge in [-0.1, -0.05) is 11.6 Å². The Morgan fingerprint density at radius 1 is 1.78 bits per heavy atom. The smallest absolute Gasteiger partial charge is 0.200 e. The molecule has 2 nitrogen and oxygen atoms in total. The zero-order valence-electron chi connectivity index (χ0n) is 4.58. The normalized spacial score (nSPS) is 24.6. The molecule has 1 heterocycles. The van der Waals surface area contributed by atoms with E-state index in [2.05, 4.69) is 0 Å². The fraction of sp³-hybridized carbons (Fsp3) is 0.167. The summed E-state index contributed by atoms with van der Waals surface area (Å²) in [4.78, 5) is 10.1. The van der Waals surface area contributed by atoms with Gasteiger partial charge in [0.1, 0.15) is 0 Å². The minimum Gasteiger partial charge on any atom is -0.478 e. The summed E-state index contributed by atoms with van der Waals surface area (Å²) in [6.45, 7) is 0. The van der Waals surface area contributed by atoms with E-state index in [0.29, 0.717) is 11.9 Å². The van der Waals surface area contributed by atoms with Crippen LogP contribution in [-0.4, -0.2) is 11.8 Å². The van der Waals surface area contributed by atoms with E-state index in [1.54, 1.807) is 12.2 Å². The van der Waals surface area contributed by atoms with Crippen LogP contribution in [-0.2, 0) is 9.53 Å². The summed E-state index contributed by atoms with van der Waals surface area (Å²) in [6, 6.07) is 0. The maximum Gasteiger partial charge on any atom is 0.200 e. The number of allylic oxidation sites excluding steroid dienone is 2. The Kier molecular flexibility index (Phi) is 1.90. The van der Waals surface area contributed by atoms with Gasteiger partial charge in [-0.05, 0) is 12.2 Å². The zero-order valence-corrected chi connectivity index (χ0v) is 5.34. The van der Waals surface area contributed by atoms with Crippen LogP contribution in [0, 0.1) is 0 Å². The standard InChI is InChI=1S/C6H5ClO2/c7-6-5(4-8)2-1-3-9-6/h1-4,6H. The predicted octanol–water partition coefficient (Wildman–Crippen LogP) is 1.22. The van der Waals surface area contributed by atoms with Crippen molar-refractivity contribution in [3.8, 4) is 0 Å². The van der Waals surface area contributed by atoms with Gasteiger partial charge < -0.3 is 4.74 Å². The molecule has 1 unspecified atom stereocenters. The fourth-order valence-corrected chi connectivity index (χ4v) is 0.695. The van der Waals surface area contributed by atoms with Gasteiger partial charge in [0.15, 0.2) is 11.8 Å². The number of carbonyl (C=O) groups excluding carboxylic acids is 1. The highest BCUT2D eigenvalue weighted by atomic mass is 35.5. The molecule has 0 aromatic rings. The van der Waals surface area contributed by atoms with E-state index in [9.17, 15) is 4.79 Å². The first kappa shape index (κ1) is 6.36. The third-order valence-electron chi connectivity index (χ3n) is 0.963. The second-order valence-electron chi connectivity index (χ2n) is 1.57. The van der Waals surface area contributed by atoms with E-state index in [-0.39, 0.29) is 0 Å². The zero-order chi connectivity index (χ0) is 6.69. The summed E-state index contributed by atoms with van der Waals surface area (Å²) in [5.41, 5.74) is -0.147. The number of ether oxygens (including phenoxy) is 1. The van der Waals surface area contributed by atoms with Crippen LogP contribution >= 0.6 is 11.6 Å². The molecule has 0 bridgehead atoms. The SMILES string of the molecule is O=CC1=CC=COC1Cl. The molecule has 3 heteroatoms. The molecule has 0 radical (unpaired) electrons. The van der Waals surface area contributed by atoms with Crippen molar-refractivity contribution in [3.05, 3.63) is 24.0 Å². The lowest BCUT2D eigenvalue weighted by atomic mass is 10.2. The highest BCUT2D eigenvalue weighted by molar-refractivity contribution is 6.23. The quantitative estimate of drug-likeness (QED) is 0.409. The van der Waals surface area contributed by atoms with Gasteiger partial charge >= 0.3 is 0 Å². The van der Waals surface area contributed by atoms with Crippen LogP contribution in [0.4, 0.5) is 0 Å². The average molecular weight is 145 g/mol. The number of alkyl halides is 1. The van der Waals surface area contributed by atoms with Crippen molar-refractivity contribution >= 4 is 17.9 Å². The topological polar surface area (TPSA) is 26.3 Å². The van der Waals surface area contributed by atoms with Crippen LogP contribution in [0.5, 0.6) is 0 Å². The van der Waals surface area contributed by atoms with E-state index in [4.69, 9.17) is 16.3 Å². The van der Waals surface area contributed by atoms with Crippen LogP contribution < -0.4 is 0 Å². The molecule has 1 aliphatic heterocycles. The van der Waals surface area contributed by atoms with Gasteiger partial charge in [-0.2, -0.15) is 0 Å². The largest absolute Gasteiger partial charge is 0.478 e. The molecule has 1 atom stereocenters. The van der Waals surface area contributed by atoms with Crippen molar-refractivity contribution in [2.75, 3.05) is 0 Å². The molecule has 1 aliphatic rings. The highest BCUT2D eigenvalue weighted by Gasteiger charge is 2.10. The van der Waals surface area contributed by atoms with Crippen molar-refractivity contribution in [2.45, 2.75) is 5.56 Å². The molecule has 0 aromatic carbocycles. The third kappa shape index (κ3) is 1.33. The molecule has 0 saturated heterocycles. The average Bonchev–Trinajstić information content (AvgIpc) is 1.89. The highest BCUT2D eigenvalue weighted by Crippen LogP contribution is 2.13. The first-order chi connectivity index (χ1) is 4.34. The summed E-state index contributed by atoms with van der Waals surface area (Å²) in [5, 5.41) is 0. The van der Waals surface area contributed by atoms with Crippen molar-refractivity contribution in [1.82, 2.24) is 0 Å². The Hall–Kier alpha value is -0.760. The van der Waals surface area contributed by atoms with E-state index < -0.39 is 5.56 Å². The Bertz CT molecular complexity index is 172. The summed E-state index contributed by atoms with van der Waals surface area (Å²) < 4.78 is 4.77. The number of halogens is 1. The van der Waals surface area contributed by atoms with Gasteiger partial charge in [-0.25, -0.2) is 0 Å². The number of hydrogen-bond donors (Lipinski definition) is 0. The summed E-state index contributed by atoms with van der Waals surface area (Å²) in [5.74, 6) is 0. The van der Waals surface area contributed by atoms with Crippen LogP contribution in [0.15, 0.2) is 24.0 Å². The Morgan fingerprint density at radius 2 is 2.56 bits per heavy atom. The molecule has 0 aromatic heterocycles. The summed E-state index contributed by atoms with van der Waals surface area (Å²) in [7, 11) is 0. The van der Waals surface area contributed by atoms with Gasteiger partial charge in [0, 0.05) is 5.57 Å². The summed E-state index contributed by atoms with van der Waals surface area (Å²) in [6.07, 6.45) is 5.38. The number of carbonyl (C=O) groups is 1. The molecular formula is C6H5ClO2. The summed E-state index contributed by atoms with van der Waals surface area (Å²) >= 11 is 5.51. The minimum atomic E-state index is -0.604. The molecule has 0 aliphatic carbocycles. The molecular weight excluding hydrogens is 140 g/mol.